The number of rotatable bonds is 2. The van der Waals surface area contributed by atoms with Crippen molar-refractivity contribution in [2.45, 2.75) is 18.9 Å². The van der Waals surface area contributed by atoms with Gasteiger partial charge in [-0.3, -0.25) is 4.90 Å². The molecule has 2 heterocycles. The van der Waals surface area contributed by atoms with E-state index in [1.165, 1.54) is 39.0 Å². The third-order valence-electron chi connectivity index (χ3n) is 4.44. The molecule has 3 heteroatoms. The Kier molecular flexibility index (Phi) is 2.26. The molecule has 2 N–H and O–H groups in total. The summed E-state index contributed by atoms with van der Waals surface area (Å²) in [4.78, 5) is 2.67. The summed E-state index contributed by atoms with van der Waals surface area (Å²) in [6.07, 6.45) is 2.65. The number of aliphatic hydroxyl groups is 1. The number of piperidine rings is 2. The Balaban J connectivity index is 1.53. The number of fused-ring (bicyclic) bond motifs is 1. The monoisotopic (exact) mass is 196 g/mol. The van der Waals surface area contributed by atoms with Crippen molar-refractivity contribution in [3.63, 3.8) is 0 Å². The minimum absolute atomic E-state index is 0.426. The van der Waals surface area contributed by atoms with E-state index >= 15 is 0 Å². The van der Waals surface area contributed by atoms with Gasteiger partial charge >= 0.3 is 0 Å². The standard InChI is InChI=1S/C11H20N2O/c14-7-11-9-5-13(6-10(9)11)8-1-3-12-4-2-8/h8-12,14H,1-7H2. The predicted molar refractivity (Wildman–Crippen MR) is 55.0 cm³/mol. The minimum atomic E-state index is 0.426. The SMILES string of the molecule is OCC1C2CN(C3CCNCC3)CC12. The number of aliphatic hydroxyl groups excluding tert-OH is 1. The van der Waals surface area contributed by atoms with Crippen molar-refractivity contribution < 1.29 is 5.11 Å². The second-order valence-electron chi connectivity index (χ2n) is 5.11. The Bertz CT molecular complexity index is 203. The summed E-state index contributed by atoms with van der Waals surface area (Å²) >= 11 is 0. The maximum absolute atomic E-state index is 9.08. The van der Waals surface area contributed by atoms with Crippen LogP contribution in [0.1, 0.15) is 12.8 Å². The van der Waals surface area contributed by atoms with Crippen LogP contribution in [0.4, 0.5) is 0 Å². The molecule has 0 aromatic rings. The Morgan fingerprint density at radius 1 is 1.14 bits per heavy atom. The number of nitrogens with zero attached hydrogens (tertiary/aromatic N) is 1. The minimum Gasteiger partial charge on any atom is -0.396 e. The summed E-state index contributed by atoms with van der Waals surface area (Å²) in [6, 6.07) is 0.836. The highest BCUT2D eigenvalue weighted by Crippen LogP contribution is 2.52. The van der Waals surface area contributed by atoms with Crippen LogP contribution in [0.2, 0.25) is 0 Å². The summed E-state index contributed by atoms with van der Waals surface area (Å²) in [5.41, 5.74) is 0. The van der Waals surface area contributed by atoms with Crippen LogP contribution in [0.3, 0.4) is 0 Å². The summed E-state index contributed by atoms with van der Waals surface area (Å²) in [5.74, 6) is 2.35. The van der Waals surface area contributed by atoms with Crippen molar-refractivity contribution in [3.8, 4) is 0 Å². The summed E-state index contributed by atoms with van der Waals surface area (Å²) in [7, 11) is 0. The van der Waals surface area contributed by atoms with Gasteiger partial charge in [-0.05, 0) is 43.7 Å². The summed E-state index contributed by atoms with van der Waals surface area (Å²) < 4.78 is 0. The lowest BCUT2D eigenvalue weighted by atomic mass is 10.0. The fourth-order valence-corrected chi connectivity index (χ4v) is 3.42. The number of nitrogens with one attached hydrogen (secondary N) is 1. The van der Waals surface area contributed by atoms with Crippen LogP contribution < -0.4 is 5.32 Å². The van der Waals surface area contributed by atoms with Gasteiger partial charge in [0.15, 0.2) is 0 Å². The molecule has 1 saturated carbocycles. The second-order valence-corrected chi connectivity index (χ2v) is 5.11. The maximum atomic E-state index is 9.08. The molecule has 0 spiro atoms. The normalized spacial score (nSPS) is 43.9. The fourth-order valence-electron chi connectivity index (χ4n) is 3.42. The molecule has 3 fully saturated rings. The van der Waals surface area contributed by atoms with Crippen LogP contribution in [0.5, 0.6) is 0 Å². The molecule has 2 saturated heterocycles. The molecule has 0 aromatic heterocycles. The topological polar surface area (TPSA) is 35.5 Å². The lowest BCUT2D eigenvalue weighted by Crippen LogP contribution is -2.43. The van der Waals surface area contributed by atoms with E-state index in [-0.39, 0.29) is 0 Å². The first kappa shape index (κ1) is 9.13. The molecule has 80 valence electrons. The number of hydrogen-bond acceptors (Lipinski definition) is 3. The van der Waals surface area contributed by atoms with Crippen molar-refractivity contribution in [3.05, 3.63) is 0 Å². The van der Waals surface area contributed by atoms with Crippen molar-refractivity contribution in [1.29, 1.82) is 0 Å². The molecule has 14 heavy (non-hydrogen) atoms. The van der Waals surface area contributed by atoms with E-state index in [9.17, 15) is 0 Å². The highest BCUT2D eigenvalue weighted by molar-refractivity contribution is 5.06. The highest BCUT2D eigenvalue weighted by atomic mass is 16.3. The molecular formula is C11H20N2O. The van der Waals surface area contributed by atoms with Crippen LogP contribution in [0, 0.1) is 17.8 Å². The van der Waals surface area contributed by atoms with Crippen LogP contribution in [-0.2, 0) is 0 Å². The van der Waals surface area contributed by atoms with E-state index < -0.39 is 0 Å². The second kappa shape index (κ2) is 3.47. The molecule has 1 aliphatic carbocycles. The lowest BCUT2D eigenvalue weighted by Gasteiger charge is -2.32. The average molecular weight is 196 g/mol. The van der Waals surface area contributed by atoms with E-state index in [0.29, 0.717) is 12.5 Å². The van der Waals surface area contributed by atoms with Crippen molar-refractivity contribution in [2.75, 3.05) is 32.8 Å². The zero-order valence-corrected chi connectivity index (χ0v) is 8.65. The first-order valence-electron chi connectivity index (χ1n) is 5.96. The Morgan fingerprint density at radius 2 is 1.79 bits per heavy atom. The van der Waals surface area contributed by atoms with Gasteiger partial charge < -0.3 is 10.4 Å². The lowest BCUT2D eigenvalue weighted by molar-refractivity contribution is 0.157. The van der Waals surface area contributed by atoms with Gasteiger partial charge in [-0.1, -0.05) is 0 Å². The van der Waals surface area contributed by atoms with Gasteiger partial charge in [0.25, 0.3) is 0 Å². The largest absolute Gasteiger partial charge is 0.396 e. The average Bonchev–Trinajstić information content (AvgIpc) is 2.72. The zero-order valence-electron chi connectivity index (χ0n) is 8.65. The Hall–Kier alpha value is -0.120. The van der Waals surface area contributed by atoms with Crippen LogP contribution >= 0.6 is 0 Å². The molecule has 2 unspecified atom stereocenters. The number of hydrogen-bond donors (Lipinski definition) is 2. The van der Waals surface area contributed by atoms with Crippen molar-refractivity contribution >= 4 is 0 Å². The molecule has 0 amide bonds. The molecule has 3 aliphatic rings. The smallest absolute Gasteiger partial charge is 0.0465 e. The molecule has 0 aromatic carbocycles. The summed E-state index contributed by atoms with van der Waals surface area (Å²) in [6.45, 7) is 5.34. The molecule has 0 radical (unpaired) electrons. The molecule has 3 rings (SSSR count). The van der Waals surface area contributed by atoms with E-state index in [1.54, 1.807) is 0 Å². The maximum Gasteiger partial charge on any atom is 0.0465 e. The van der Waals surface area contributed by atoms with Crippen LogP contribution in [-0.4, -0.2) is 48.8 Å². The van der Waals surface area contributed by atoms with Gasteiger partial charge in [0, 0.05) is 25.7 Å². The van der Waals surface area contributed by atoms with E-state index in [0.717, 1.165) is 17.9 Å². The number of likely N-dealkylation sites (tertiary alicyclic amines) is 1. The van der Waals surface area contributed by atoms with Gasteiger partial charge in [0.1, 0.15) is 0 Å². The zero-order chi connectivity index (χ0) is 9.54. The van der Waals surface area contributed by atoms with Crippen molar-refractivity contribution in [2.24, 2.45) is 17.8 Å². The Morgan fingerprint density at radius 3 is 2.36 bits per heavy atom. The van der Waals surface area contributed by atoms with Gasteiger partial charge in [0.05, 0.1) is 0 Å². The quantitative estimate of drug-likeness (QED) is 0.648. The van der Waals surface area contributed by atoms with E-state index in [1.807, 2.05) is 0 Å². The van der Waals surface area contributed by atoms with Gasteiger partial charge in [0.2, 0.25) is 0 Å². The fraction of sp³-hybridized carbons (Fsp3) is 1.00. The molecular weight excluding hydrogens is 176 g/mol. The third kappa shape index (κ3) is 1.38. The molecule has 2 aliphatic heterocycles. The predicted octanol–water partition coefficient (Wildman–Crippen LogP) is -0.0915. The van der Waals surface area contributed by atoms with E-state index in [4.69, 9.17) is 5.11 Å². The molecule has 2 atom stereocenters. The first-order chi connectivity index (χ1) is 6.90. The van der Waals surface area contributed by atoms with Gasteiger partial charge in [-0.2, -0.15) is 0 Å². The van der Waals surface area contributed by atoms with Gasteiger partial charge in [-0.15, -0.1) is 0 Å². The van der Waals surface area contributed by atoms with Gasteiger partial charge in [-0.25, -0.2) is 0 Å². The van der Waals surface area contributed by atoms with Crippen molar-refractivity contribution in [1.82, 2.24) is 10.2 Å². The van der Waals surface area contributed by atoms with E-state index in [2.05, 4.69) is 10.2 Å². The molecule has 3 nitrogen and oxygen atoms in total. The summed E-state index contributed by atoms with van der Waals surface area (Å²) in [5, 5.41) is 12.5. The Labute approximate surface area is 85.5 Å². The molecule has 0 bridgehead atoms. The van der Waals surface area contributed by atoms with Crippen LogP contribution in [0.25, 0.3) is 0 Å². The van der Waals surface area contributed by atoms with Crippen LogP contribution in [0.15, 0.2) is 0 Å². The first-order valence-corrected chi connectivity index (χ1v) is 5.96. The highest BCUT2D eigenvalue weighted by Gasteiger charge is 2.55. The third-order valence-corrected chi connectivity index (χ3v) is 4.44.